The number of ether oxygens (including phenoxy) is 3. The zero-order valence-corrected chi connectivity index (χ0v) is 11.0. The number of methoxy groups -OCH3 is 2. The smallest absolute Gasteiger partial charge is 0.375 e. The number of hydrogen-bond acceptors (Lipinski definition) is 7. The van der Waals surface area contributed by atoms with Crippen LogP contribution in [-0.2, 0) is 23.8 Å². The van der Waals surface area contributed by atoms with Gasteiger partial charge in [0.25, 0.3) is 0 Å². The van der Waals surface area contributed by atoms with Gasteiger partial charge in [0.05, 0.1) is 20.8 Å². The lowest BCUT2D eigenvalue weighted by molar-refractivity contribution is -0.141. The van der Waals surface area contributed by atoms with E-state index in [1.165, 1.54) is 0 Å². The van der Waals surface area contributed by atoms with E-state index in [4.69, 9.17) is 4.74 Å². The quantitative estimate of drug-likeness (QED) is 0.469. The largest absolute Gasteiger partial charge is 0.500 e. The summed E-state index contributed by atoms with van der Waals surface area (Å²) in [7, 11) is 2.21. The second-order valence-corrected chi connectivity index (χ2v) is 3.85. The number of rotatable bonds is 3. The third-order valence-electron chi connectivity index (χ3n) is 2.52. The van der Waals surface area contributed by atoms with Crippen LogP contribution in [0.5, 0.6) is 0 Å². The van der Waals surface area contributed by atoms with E-state index in [0.29, 0.717) is 18.9 Å². The molecular weight excluding hydrogens is 254 g/mol. The predicted molar refractivity (Wildman–Crippen MR) is 65.5 cm³/mol. The monoisotopic (exact) mass is 271 g/mol. The van der Waals surface area contributed by atoms with Gasteiger partial charge in [-0.3, -0.25) is 0 Å². The fourth-order valence-electron chi connectivity index (χ4n) is 1.52. The molecule has 0 atom stereocenters. The normalized spacial score (nSPS) is 18.9. The molecule has 0 spiro atoms. The van der Waals surface area contributed by atoms with Gasteiger partial charge in [-0.05, 0) is 19.3 Å². The zero-order valence-electron chi connectivity index (χ0n) is 11.0. The van der Waals surface area contributed by atoms with Crippen molar-refractivity contribution in [3.63, 3.8) is 0 Å². The highest BCUT2D eigenvalue weighted by atomic mass is 16.5. The number of aliphatic hydroxyl groups is 1. The van der Waals surface area contributed by atoms with E-state index in [2.05, 4.69) is 14.5 Å². The fraction of sp³-hybridized carbons (Fsp3) is 0.583. The summed E-state index contributed by atoms with van der Waals surface area (Å²) in [5.74, 6) is -2.58. The van der Waals surface area contributed by atoms with Crippen molar-refractivity contribution in [2.75, 3.05) is 20.8 Å². The van der Waals surface area contributed by atoms with Gasteiger partial charge < -0.3 is 19.3 Å². The first kappa shape index (κ1) is 15.0. The van der Waals surface area contributed by atoms with Crippen LogP contribution in [0.2, 0.25) is 0 Å². The van der Waals surface area contributed by atoms with Crippen LogP contribution in [-0.4, -0.2) is 43.8 Å². The van der Waals surface area contributed by atoms with Crippen molar-refractivity contribution >= 4 is 17.8 Å². The molecule has 1 fully saturated rings. The minimum absolute atomic E-state index is 0.299. The van der Waals surface area contributed by atoms with Crippen LogP contribution in [0.1, 0.15) is 25.7 Å². The Labute approximate surface area is 110 Å². The molecule has 7 nitrogen and oxygen atoms in total. The van der Waals surface area contributed by atoms with Crippen molar-refractivity contribution in [2.24, 2.45) is 4.99 Å². The van der Waals surface area contributed by atoms with Gasteiger partial charge in [-0.25, -0.2) is 14.6 Å². The molecule has 0 bridgehead atoms. The average molecular weight is 271 g/mol. The van der Waals surface area contributed by atoms with Crippen molar-refractivity contribution in [1.82, 2.24) is 0 Å². The van der Waals surface area contributed by atoms with Crippen LogP contribution in [0.25, 0.3) is 0 Å². The van der Waals surface area contributed by atoms with Gasteiger partial charge in [0.1, 0.15) is 0 Å². The summed E-state index contributed by atoms with van der Waals surface area (Å²) in [6, 6.07) is 0. The number of aliphatic hydroxyl groups excluding tert-OH is 1. The number of carbonyl (C=O) groups is 2. The Morgan fingerprint density at radius 2 is 1.84 bits per heavy atom. The Morgan fingerprint density at radius 3 is 2.47 bits per heavy atom. The van der Waals surface area contributed by atoms with E-state index in [-0.39, 0.29) is 0 Å². The average Bonchev–Trinajstić information content (AvgIpc) is 2.70. The van der Waals surface area contributed by atoms with Crippen molar-refractivity contribution < 1.29 is 28.9 Å². The van der Waals surface area contributed by atoms with E-state index in [1.807, 2.05) is 0 Å². The van der Waals surface area contributed by atoms with E-state index in [1.54, 1.807) is 0 Å². The molecule has 0 aromatic rings. The number of hydrogen-bond donors (Lipinski definition) is 1. The van der Waals surface area contributed by atoms with E-state index in [9.17, 15) is 14.7 Å². The summed E-state index contributed by atoms with van der Waals surface area (Å²) in [4.78, 5) is 26.6. The summed E-state index contributed by atoms with van der Waals surface area (Å²) in [6.07, 6.45) is 3.31. The van der Waals surface area contributed by atoms with Crippen LogP contribution in [0.15, 0.2) is 16.4 Å². The maximum atomic E-state index is 11.5. The van der Waals surface area contributed by atoms with Gasteiger partial charge in [0, 0.05) is 6.42 Å². The zero-order chi connectivity index (χ0) is 14.3. The summed E-state index contributed by atoms with van der Waals surface area (Å²) < 4.78 is 14.1. The highest BCUT2D eigenvalue weighted by Crippen LogP contribution is 2.14. The predicted octanol–water partition coefficient (Wildman–Crippen LogP) is 1.09. The lowest BCUT2D eigenvalue weighted by Gasteiger charge is -2.07. The van der Waals surface area contributed by atoms with Crippen LogP contribution < -0.4 is 0 Å². The van der Waals surface area contributed by atoms with Gasteiger partial charge in [-0.15, -0.1) is 0 Å². The maximum Gasteiger partial charge on any atom is 0.375 e. The summed E-state index contributed by atoms with van der Waals surface area (Å²) in [5.41, 5.74) is -0.508. The standard InChI is InChI=1S/C12H17NO6/c1-17-11(15)9(10(14)12(16)18-2)13-8-6-4-3-5-7-19-8/h14H,3-7H2,1-2H3/b10-9-,13-8?. The molecule has 0 aliphatic carbocycles. The number of carbonyl (C=O) groups excluding carboxylic acids is 2. The molecule has 1 N–H and O–H groups in total. The fourth-order valence-corrected chi connectivity index (χ4v) is 1.52. The molecule has 0 radical (unpaired) electrons. The molecule has 1 aliphatic heterocycles. The van der Waals surface area contributed by atoms with E-state index >= 15 is 0 Å². The molecule has 7 heteroatoms. The van der Waals surface area contributed by atoms with Gasteiger partial charge >= 0.3 is 11.9 Å². The second-order valence-electron chi connectivity index (χ2n) is 3.85. The molecule has 0 aromatic heterocycles. The Morgan fingerprint density at radius 1 is 1.16 bits per heavy atom. The first-order valence-corrected chi connectivity index (χ1v) is 5.90. The third kappa shape index (κ3) is 4.27. The highest BCUT2D eigenvalue weighted by Gasteiger charge is 2.23. The lowest BCUT2D eigenvalue weighted by Crippen LogP contribution is -2.15. The van der Waals surface area contributed by atoms with Gasteiger partial charge in [0.2, 0.25) is 11.5 Å². The minimum Gasteiger partial charge on any atom is -0.500 e. The van der Waals surface area contributed by atoms with Gasteiger partial charge in [0.15, 0.2) is 5.90 Å². The van der Waals surface area contributed by atoms with Crippen molar-refractivity contribution in [3.05, 3.63) is 11.5 Å². The van der Waals surface area contributed by atoms with Crippen LogP contribution >= 0.6 is 0 Å². The molecule has 1 saturated heterocycles. The van der Waals surface area contributed by atoms with Crippen molar-refractivity contribution in [1.29, 1.82) is 0 Å². The van der Waals surface area contributed by atoms with Crippen LogP contribution in [0.3, 0.4) is 0 Å². The SMILES string of the molecule is COC(=O)/C(O)=C(/N=C1CCCCCO1)C(=O)OC. The number of esters is 2. The Bertz CT molecular complexity index is 402. The molecule has 1 heterocycles. The van der Waals surface area contributed by atoms with E-state index < -0.39 is 23.4 Å². The Hall–Kier alpha value is -2.05. The minimum atomic E-state index is -1.06. The summed E-state index contributed by atoms with van der Waals surface area (Å²) in [5, 5.41) is 9.62. The molecule has 106 valence electrons. The van der Waals surface area contributed by atoms with Gasteiger partial charge in [-0.2, -0.15) is 0 Å². The van der Waals surface area contributed by atoms with Gasteiger partial charge in [-0.1, -0.05) is 0 Å². The molecule has 1 rings (SSSR count). The Balaban J connectivity index is 3.06. The molecule has 0 unspecified atom stereocenters. The van der Waals surface area contributed by atoms with E-state index in [0.717, 1.165) is 33.5 Å². The topological polar surface area (TPSA) is 94.4 Å². The summed E-state index contributed by atoms with van der Waals surface area (Å²) in [6.45, 7) is 0.492. The summed E-state index contributed by atoms with van der Waals surface area (Å²) >= 11 is 0. The number of nitrogens with zero attached hydrogens (tertiary/aromatic N) is 1. The molecular formula is C12H17NO6. The Kier molecular flexibility index (Phi) is 5.84. The lowest BCUT2D eigenvalue weighted by atomic mass is 10.2. The third-order valence-corrected chi connectivity index (χ3v) is 2.52. The maximum absolute atomic E-state index is 11.5. The van der Waals surface area contributed by atoms with Crippen LogP contribution in [0.4, 0.5) is 0 Å². The van der Waals surface area contributed by atoms with Crippen molar-refractivity contribution in [3.8, 4) is 0 Å². The second kappa shape index (κ2) is 7.40. The molecule has 19 heavy (non-hydrogen) atoms. The highest BCUT2D eigenvalue weighted by molar-refractivity contribution is 6.00. The van der Waals surface area contributed by atoms with Crippen molar-refractivity contribution in [2.45, 2.75) is 25.7 Å². The molecule has 1 aliphatic rings. The molecule has 0 amide bonds. The first-order valence-electron chi connectivity index (χ1n) is 5.90. The van der Waals surface area contributed by atoms with Crippen LogP contribution in [0, 0.1) is 0 Å². The molecule has 0 saturated carbocycles. The molecule has 0 aromatic carbocycles. The first-order chi connectivity index (χ1) is 9.10. The number of aliphatic imine (C=N–C) groups is 1.